The van der Waals surface area contributed by atoms with Gasteiger partial charge in [-0.05, 0) is 12.1 Å². The first kappa shape index (κ1) is 18.8. The van der Waals surface area contributed by atoms with Crippen molar-refractivity contribution >= 4 is 11.8 Å². The predicted octanol–water partition coefficient (Wildman–Crippen LogP) is 2.27. The summed E-state index contributed by atoms with van der Waals surface area (Å²) in [6.07, 6.45) is -4.39. The van der Waals surface area contributed by atoms with Gasteiger partial charge in [0.15, 0.2) is 12.4 Å². The summed E-state index contributed by atoms with van der Waals surface area (Å²) in [5.41, 5.74) is 1.15. The van der Waals surface area contributed by atoms with E-state index in [9.17, 15) is 9.59 Å². The molecule has 2 saturated heterocycles. The molecule has 28 heavy (non-hydrogen) atoms. The number of carbonyl (C=O) groups excluding carboxylic acids is 2. The summed E-state index contributed by atoms with van der Waals surface area (Å²) in [6, 6.07) is 17.8. The normalized spacial score (nSPS) is 29.8. The Hall–Kier alpha value is -2.58. The van der Waals surface area contributed by atoms with Gasteiger partial charge >= 0.3 is 5.97 Å². The third kappa shape index (κ3) is 3.70. The zero-order valence-corrected chi connectivity index (χ0v) is 15.2. The van der Waals surface area contributed by atoms with E-state index in [4.69, 9.17) is 23.7 Å². The van der Waals surface area contributed by atoms with E-state index in [0.717, 1.165) is 5.56 Å². The molecule has 2 aliphatic rings. The highest BCUT2D eigenvalue weighted by Gasteiger charge is 2.51. The summed E-state index contributed by atoms with van der Waals surface area (Å²) < 4.78 is 28.0. The van der Waals surface area contributed by atoms with Crippen LogP contribution in [0.4, 0.5) is 0 Å². The topological polar surface area (TPSA) is 80.3 Å². The second kappa shape index (κ2) is 8.20. The average molecular weight is 384 g/mol. The van der Waals surface area contributed by atoms with E-state index in [1.165, 1.54) is 7.11 Å². The number of fused-ring (bicyclic) bond motifs is 1. The summed E-state index contributed by atoms with van der Waals surface area (Å²) in [5.74, 6) is -1.11. The smallest absolute Gasteiger partial charge is 0.338 e. The second-order valence-electron chi connectivity index (χ2n) is 6.51. The molecule has 146 valence electrons. The van der Waals surface area contributed by atoms with Gasteiger partial charge in [0, 0.05) is 12.7 Å². The Morgan fingerprint density at radius 1 is 1.00 bits per heavy atom. The molecule has 5 atom stereocenters. The fraction of sp³-hybridized carbons (Fsp3) is 0.333. The molecule has 2 aromatic carbocycles. The molecule has 2 fully saturated rings. The monoisotopic (exact) mass is 384 g/mol. The third-order valence-corrected chi connectivity index (χ3v) is 4.70. The van der Waals surface area contributed by atoms with Crippen molar-refractivity contribution in [2.75, 3.05) is 13.7 Å². The lowest BCUT2D eigenvalue weighted by Gasteiger charge is -2.43. The van der Waals surface area contributed by atoms with Crippen LogP contribution >= 0.6 is 0 Å². The number of ketones is 1. The highest BCUT2D eigenvalue weighted by Crippen LogP contribution is 2.34. The van der Waals surface area contributed by atoms with Gasteiger partial charge in [-0.25, -0.2) is 4.79 Å². The Balaban J connectivity index is 1.57. The van der Waals surface area contributed by atoms with Crippen molar-refractivity contribution in [1.82, 2.24) is 0 Å². The molecule has 2 heterocycles. The van der Waals surface area contributed by atoms with E-state index >= 15 is 0 Å². The molecule has 0 N–H and O–H groups in total. The molecular formula is C21H20O7. The van der Waals surface area contributed by atoms with Crippen molar-refractivity contribution in [3.8, 4) is 0 Å². The van der Waals surface area contributed by atoms with Crippen LogP contribution in [0.5, 0.6) is 0 Å². The molecule has 0 spiro atoms. The van der Waals surface area contributed by atoms with E-state index < -0.39 is 42.6 Å². The van der Waals surface area contributed by atoms with E-state index in [2.05, 4.69) is 0 Å². The number of ether oxygens (including phenoxy) is 5. The first-order valence-electron chi connectivity index (χ1n) is 8.97. The largest absolute Gasteiger partial charge is 0.448 e. The van der Waals surface area contributed by atoms with Gasteiger partial charge in [-0.2, -0.15) is 0 Å². The maximum Gasteiger partial charge on any atom is 0.338 e. The molecule has 0 saturated carbocycles. The summed E-state index contributed by atoms with van der Waals surface area (Å²) in [7, 11) is 1.36. The first-order chi connectivity index (χ1) is 13.7. The minimum atomic E-state index is -1.16. The van der Waals surface area contributed by atoms with E-state index in [1.54, 1.807) is 30.3 Å². The number of rotatable bonds is 4. The standard InChI is InChI=1S/C21H20O7/c1-24-21-16(22)18(27-19(23)13-8-4-2-5-9-13)17-15(26-21)12-25-20(28-17)14-10-6-3-7-11-14/h2-11,15,17-18,20-21H,12H2,1H3/t15-,17-,18-,20?,21+/m1/s1. The molecule has 2 aromatic rings. The number of benzene rings is 2. The number of carbonyl (C=O) groups is 2. The summed E-state index contributed by atoms with van der Waals surface area (Å²) in [5, 5.41) is 0. The molecule has 7 heteroatoms. The van der Waals surface area contributed by atoms with Crippen LogP contribution in [0, 0.1) is 0 Å². The summed E-state index contributed by atoms with van der Waals surface area (Å²) in [6.45, 7) is 0.177. The SMILES string of the molecule is CO[C@H]1O[C@@H]2COC(c3ccccc3)O[C@H]2[C@H](OC(=O)c2ccccc2)C1=O. The van der Waals surface area contributed by atoms with Crippen LogP contribution < -0.4 is 0 Å². The minimum Gasteiger partial charge on any atom is -0.448 e. The summed E-state index contributed by atoms with van der Waals surface area (Å²) >= 11 is 0. The van der Waals surface area contributed by atoms with E-state index in [-0.39, 0.29) is 6.61 Å². The number of esters is 1. The zero-order chi connectivity index (χ0) is 19.5. The highest BCUT2D eigenvalue weighted by atomic mass is 16.8. The molecule has 0 amide bonds. The lowest BCUT2D eigenvalue weighted by Crippen LogP contribution is -2.61. The molecule has 0 aromatic heterocycles. The zero-order valence-electron chi connectivity index (χ0n) is 15.2. The van der Waals surface area contributed by atoms with Crippen molar-refractivity contribution in [3.63, 3.8) is 0 Å². The van der Waals surface area contributed by atoms with Crippen LogP contribution in [-0.2, 0) is 28.5 Å². The first-order valence-corrected chi connectivity index (χ1v) is 8.97. The Morgan fingerprint density at radius 3 is 2.36 bits per heavy atom. The van der Waals surface area contributed by atoms with Gasteiger partial charge in [0.1, 0.15) is 12.2 Å². The molecule has 0 radical (unpaired) electrons. The number of hydrogen-bond acceptors (Lipinski definition) is 7. The molecule has 0 bridgehead atoms. The fourth-order valence-electron chi connectivity index (χ4n) is 3.29. The number of hydrogen-bond donors (Lipinski definition) is 0. The summed E-state index contributed by atoms with van der Waals surface area (Å²) in [4.78, 5) is 25.3. The Bertz CT molecular complexity index is 823. The van der Waals surface area contributed by atoms with Crippen LogP contribution in [0.15, 0.2) is 60.7 Å². The van der Waals surface area contributed by atoms with Gasteiger partial charge in [0.25, 0.3) is 0 Å². The van der Waals surface area contributed by atoms with Crippen molar-refractivity contribution < 1.29 is 33.3 Å². The van der Waals surface area contributed by atoms with Crippen LogP contribution in [0.2, 0.25) is 0 Å². The van der Waals surface area contributed by atoms with Crippen LogP contribution in [-0.4, -0.2) is 50.1 Å². The highest BCUT2D eigenvalue weighted by molar-refractivity contribution is 5.94. The van der Waals surface area contributed by atoms with Gasteiger partial charge in [-0.15, -0.1) is 0 Å². The van der Waals surface area contributed by atoms with Gasteiger partial charge in [-0.1, -0.05) is 48.5 Å². The predicted molar refractivity (Wildman–Crippen MR) is 96.3 cm³/mol. The average Bonchev–Trinajstić information content (AvgIpc) is 2.76. The lowest BCUT2D eigenvalue weighted by molar-refractivity contribution is -0.316. The van der Waals surface area contributed by atoms with Crippen LogP contribution in [0.25, 0.3) is 0 Å². The Morgan fingerprint density at radius 2 is 1.68 bits per heavy atom. The van der Waals surface area contributed by atoms with E-state index in [0.29, 0.717) is 5.56 Å². The van der Waals surface area contributed by atoms with Crippen molar-refractivity contribution in [1.29, 1.82) is 0 Å². The molecule has 0 aliphatic carbocycles. The maximum atomic E-state index is 12.8. The Kier molecular flexibility index (Phi) is 5.50. The van der Waals surface area contributed by atoms with Crippen LogP contribution in [0.3, 0.4) is 0 Å². The van der Waals surface area contributed by atoms with Gasteiger partial charge in [0.05, 0.1) is 12.2 Å². The molecule has 7 nitrogen and oxygen atoms in total. The Labute approximate surface area is 162 Å². The number of methoxy groups -OCH3 is 1. The lowest BCUT2D eigenvalue weighted by atomic mass is 9.98. The van der Waals surface area contributed by atoms with Gasteiger partial charge in [0.2, 0.25) is 12.1 Å². The molecule has 1 unspecified atom stereocenters. The minimum absolute atomic E-state index is 0.177. The maximum absolute atomic E-state index is 12.8. The van der Waals surface area contributed by atoms with E-state index in [1.807, 2.05) is 30.3 Å². The third-order valence-electron chi connectivity index (χ3n) is 4.70. The van der Waals surface area contributed by atoms with Crippen molar-refractivity contribution in [2.24, 2.45) is 0 Å². The van der Waals surface area contributed by atoms with Crippen LogP contribution in [0.1, 0.15) is 22.2 Å². The second-order valence-corrected chi connectivity index (χ2v) is 6.51. The quantitative estimate of drug-likeness (QED) is 0.748. The van der Waals surface area contributed by atoms with Gasteiger partial charge in [-0.3, -0.25) is 4.79 Å². The van der Waals surface area contributed by atoms with Crippen molar-refractivity contribution in [2.45, 2.75) is 30.9 Å². The fourth-order valence-corrected chi connectivity index (χ4v) is 3.29. The van der Waals surface area contributed by atoms with Crippen molar-refractivity contribution in [3.05, 3.63) is 71.8 Å². The molecular weight excluding hydrogens is 364 g/mol. The molecule has 2 aliphatic heterocycles. The number of Topliss-reactive ketones (excluding diaryl/α,β-unsaturated/α-hetero) is 1. The van der Waals surface area contributed by atoms with Gasteiger partial charge < -0.3 is 23.7 Å². The molecule has 4 rings (SSSR count).